The molecule has 3 N–H and O–H groups in total. The third-order valence-electron chi connectivity index (χ3n) is 4.00. The Labute approximate surface area is 151 Å². The molecule has 0 bridgehead atoms. The molecular weight excluding hydrogens is 324 g/mol. The van der Waals surface area contributed by atoms with E-state index in [-0.39, 0.29) is 11.7 Å². The van der Waals surface area contributed by atoms with Crippen LogP contribution in [0.15, 0.2) is 66.7 Å². The second kappa shape index (κ2) is 7.57. The topological polar surface area (TPSA) is 65.1 Å². The molecule has 1 amide bonds. The van der Waals surface area contributed by atoms with E-state index in [0.29, 0.717) is 11.3 Å². The van der Waals surface area contributed by atoms with E-state index in [0.717, 1.165) is 21.8 Å². The lowest BCUT2D eigenvalue weighted by Gasteiger charge is -2.10. The second-order valence-corrected chi connectivity index (χ2v) is 5.86. The third kappa shape index (κ3) is 3.75. The minimum absolute atomic E-state index is 0.126. The number of carbonyl (C=O) groups excluding carboxylic acids is 1. The molecule has 2 aromatic carbocycles. The number of benzene rings is 2. The summed E-state index contributed by atoms with van der Waals surface area (Å²) < 4.78 is 0. The molecule has 1 aromatic heterocycles. The number of aromatic nitrogens is 1. The highest BCUT2D eigenvalue weighted by atomic mass is 16.3. The van der Waals surface area contributed by atoms with Gasteiger partial charge in [-0.3, -0.25) is 4.79 Å². The monoisotopic (exact) mass is 344 g/mol. The van der Waals surface area contributed by atoms with Crippen molar-refractivity contribution >= 4 is 24.2 Å². The highest BCUT2D eigenvalue weighted by Crippen LogP contribution is 2.25. The zero-order chi connectivity index (χ0) is 18.5. The molecule has 1 heterocycles. The molecule has 4 heteroatoms. The van der Waals surface area contributed by atoms with Gasteiger partial charge >= 0.3 is 0 Å². The predicted octanol–water partition coefficient (Wildman–Crippen LogP) is 3.41. The number of H-pyrrole nitrogens is 1. The first-order valence-electron chi connectivity index (χ1n) is 8.29. The summed E-state index contributed by atoms with van der Waals surface area (Å²) in [5.41, 5.74) is 2.94. The number of hydrogen-bond acceptors (Lipinski definition) is 2. The molecule has 0 saturated carbocycles. The Hall–Kier alpha value is -3.53. The van der Waals surface area contributed by atoms with Crippen molar-refractivity contribution in [3.8, 4) is 17.0 Å². The van der Waals surface area contributed by atoms with Crippen molar-refractivity contribution in [2.24, 2.45) is 0 Å². The van der Waals surface area contributed by atoms with Crippen LogP contribution in [0.2, 0.25) is 0 Å². The van der Waals surface area contributed by atoms with Crippen LogP contribution >= 0.6 is 0 Å². The van der Waals surface area contributed by atoms with Gasteiger partial charge in [0.15, 0.2) is 0 Å². The van der Waals surface area contributed by atoms with Crippen LogP contribution in [-0.4, -0.2) is 16.0 Å². The van der Waals surface area contributed by atoms with Crippen LogP contribution in [-0.2, 0) is 0 Å². The van der Waals surface area contributed by atoms with E-state index < -0.39 is 0 Å². The fourth-order valence-corrected chi connectivity index (χ4v) is 2.64. The highest BCUT2D eigenvalue weighted by molar-refractivity contribution is 6.06. The van der Waals surface area contributed by atoms with Crippen molar-refractivity contribution in [2.75, 3.05) is 5.32 Å². The van der Waals surface area contributed by atoms with Gasteiger partial charge in [-0.15, -0.1) is 0 Å². The molecule has 4 nitrogen and oxygen atoms in total. The van der Waals surface area contributed by atoms with Crippen molar-refractivity contribution in [2.45, 2.75) is 6.92 Å². The summed E-state index contributed by atoms with van der Waals surface area (Å²) in [7, 11) is 0. The van der Waals surface area contributed by atoms with E-state index in [1.165, 1.54) is 12.1 Å². The fraction of sp³-hybridized carbons (Fsp3) is 0.0455. The molecule has 0 fully saturated rings. The maximum absolute atomic E-state index is 12.5. The van der Waals surface area contributed by atoms with Crippen LogP contribution in [0.25, 0.3) is 23.9 Å². The van der Waals surface area contributed by atoms with Gasteiger partial charge in [0.2, 0.25) is 0 Å². The average Bonchev–Trinajstić information content (AvgIpc) is 3.01. The van der Waals surface area contributed by atoms with Gasteiger partial charge in [0.1, 0.15) is 5.75 Å². The highest BCUT2D eigenvalue weighted by Gasteiger charge is 2.11. The van der Waals surface area contributed by atoms with Crippen LogP contribution in [0.3, 0.4) is 0 Å². The minimum Gasteiger partial charge on any atom is -0.508 e. The smallest absolute Gasteiger partial charge is 0.255 e. The number of aromatic amines is 1. The fourth-order valence-electron chi connectivity index (χ4n) is 2.64. The van der Waals surface area contributed by atoms with Gasteiger partial charge in [-0.25, -0.2) is 0 Å². The summed E-state index contributed by atoms with van der Waals surface area (Å²) in [6, 6.07) is 15.7. The predicted molar refractivity (Wildman–Crippen MR) is 106 cm³/mol. The quantitative estimate of drug-likeness (QED) is 0.679. The number of amides is 1. The average molecular weight is 344 g/mol. The molecule has 130 valence electrons. The lowest BCUT2D eigenvalue weighted by molar-refractivity contribution is 0.102. The van der Waals surface area contributed by atoms with Gasteiger partial charge in [-0.1, -0.05) is 43.0 Å². The Morgan fingerprint density at radius 2 is 1.88 bits per heavy atom. The van der Waals surface area contributed by atoms with Gasteiger partial charge in [0.05, 0.1) is 5.69 Å². The molecule has 0 aliphatic rings. The summed E-state index contributed by atoms with van der Waals surface area (Å²) in [4.78, 5) is 15.8. The first-order valence-corrected chi connectivity index (χ1v) is 8.29. The molecule has 3 rings (SSSR count). The summed E-state index contributed by atoms with van der Waals surface area (Å²) in [6.07, 6.45) is 5.90. The number of phenolic OH excluding ortho intramolecular Hbond substituents is 1. The number of aromatic hydroxyl groups is 1. The van der Waals surface area contributed by atoms with Crippen molar-refractivity contribution in [1.29, 1.82) is 0 Å². The molecule has 0 spiro atoms. The van der Waals surface area contributed by atoms with Crippen molar-refractivity contribution in [3.05, 3.63) is 82.9 Å². The van der Waals surface area contributed by atoms with E-state index in [9.17, 15) is 9.90 Å². The van der Waals surface area contributed by atoms with Crippen LogP contribution in [0, 0.1) is 0 Å². The number of phenols is 1. The summed E-state index contributed by atoms with van der Waals surface area (Å²) >= 11 is 0. The maximum atomic E-state index is 12.5. The molecule has 0 atom stereocenters. The van der Waals surface area contributed by atoms with E-state index in [1.807, 2.05) is 55.5 Å². The standard InChI is InChI=1S/C22H20N2O2/c1-3-4-7-17-14-21(23-15(17)2)19-8-5-6-9-20(19)24-22(26)16-10-12-18(25)13-11-16/h3-14,23,25H,2H2,1H3,(H,24,26)/b4-3-,17-7-. The van der Waals surface area contributed by atoms with E-state index >= 15 is 0 Å². The number of carbonyl (C=O) groups is 1. The molecule has 0 radical (unpaired) electrons. The Balaban J connectivity index is 1.95. The number of rotatable bonds is 4. The number of hydrogen-bond donors (Lipinski definition) is 3. The number of anilines is 1. The van der Waals surface area contributed by atoms with E-state index in [1.54, 1.807) is 12.1 Å². The third-order valence-corrected chi connectivity index (χ3v) is 4.00. The van der Waals surface area contributed by atoms with E-state index in [2.05, 4.69) is 16.9 Å². The van der Waals surface area contributed by atoms with Crippen LogP contribution in [0.1, 0.15) is 17.3 Å². The van der Waals surface area contributed by atoms with Crippen molar-refractivity contribution in [1.82, 2.24) is 4.98 Å². The van der Waals surface area contributed by atoms with Gasteiger partial charge in [0.25, 0.3) is 5.91 Å². The lowest BCUT2D eigenvalue weighted by atomic mass is 10.1. The van der Waals surface area contributed by atoms with Gasteiger partial charge < -0.3 is 15.4 Å². The van der Waals surface area contributed by atoms with Gasteiger partial charge in [-0.2, -0.15) is 0 Å². The second-order valence-electron chi connectivity index (χ2n) is 5.86. The Morgan fingerprint density at radius 3 is 2.62 bits per heavy atom. The molecule has 26 heavy (non-hydrogen) atoms. The number of nitrogens with one attached hydrogen (secondary N) is 2. The van der Waals surface area contributed by atoms with Crippen molar-refractivity contribution in [3.63, 3.8) is 0 Å². The Kier molecular flexibility index (Phi) is 5.04. The largest absolute Gasteiger partial charge is 0.508 e. The zero-order valence-corrected chi connectivity index (χ0v) is 14.5. The van der Waals surface area contributed by atoms with Crippen LogP contribution in [0.5, 0.6) is 5.75 Å². The Morgan fingerprint density at radius 1 is 1.15 bits per heavy atom. The van der Waals surface area contributed by atoms with Gasteiger partial charge in [0, 0.05) is 22.2 Å². The SMILES string of the molecule is C=c1[nH]c(-c2ccccc2NC(=O)c2ccc(O)cc2)c/c1=C/C=C\C. The minimum atomic E-state index is -0.237. The van der Waals surface area contributed by atoms with Crippen LogP contribution in [0.4, 0.5) is 5.69 Å². The summed E-state index contributed by atoms with van der Waals surface area (Å²) in [5.74, 6) is -0.110. The Bertz CT molecular complexity index is 1060. The van der Waals surface area contributed by atoms with Gasteiger partial charge in [-0.05, 0) is 48.5 Å². The first kappa shape index (κ1) is 17.3. The first-order chi connectivity index (χ1) is 12.6. The van der Waals surface area contributed by atoms with Crippen molar-refractivity contribution < 1.29 is 9.90 Å². The summed E-state index contributed by atoms with van der Waals surface area (Å²) in [5, 5.41) is 14.1. The molecule has 0 unspecified atom stereocenters. The molecular formula is C22H20N2O2. The molecule has 0 saturated heterocycles. The molecule has 3 aromatic rings. The number of allylic oxidation sites excluding steroid dienone is 2. The maximum Gasteiger partial charge on any atom is 0.255 e. The molecule has 0 aliphatic carbocycles. The summed E-state index contributed by atoms with van der Waals surface area (Å²) in [6.45, 7) is 5.99. The van der Waals surface area contributed by atoms with E-state index in [4.69, 9.17) is 0 Å². The lowest BCUT2D eigenvalue weighted by Crippen LogP contribution is -2.19. The normalized spacial score (nSPS) is 11.8. The zero-order valence-electron chi connectivity index (χ0n) is 14.5. The van der Waals surface area contributed by atoms with Crippen LogP contribution < -0.4 is 15.9 Å². The molecule has 0 aliphatic heterocycles. The number of para-hydroxylation sites is 1.